The summed E-state index contributed by atoms with van der Waals surface area (Å²) in [5, 5.41) is 0. The molecular weight excluding hydrogens is 344 g/mol. The molecule has 3 rings (SSSR count). The zero-order valence-electron chi connectivity index (χ0n) is 13.4. The van der Waals surface area contributed by atoms with Gasteiger partial charge in [-0.05, 0) is 44.7 Å². The normalized spacial score (nSPS) is 16.6. The van der Waals surface area contributed by atoms with Crippen molar-refractivity contribution in [2.75, 3.05) is 5.73 Å². The van der Waals surface area contributed by atoms with Crippen molar-refractivity contribution in [3.63, 3.8) is 0 Å². The van der Waals surface area contributed by atoms with Gasteiger partial charge in [0.2, 0.25) is 5.95 Å². The van der Waals surface area contributed by atoms with Gasteiger partial charge in [-0.1, -0.05) is 11.6 Å². The fraction of sp³-hybridized carbons (Fsp3) is 0.375. The van der Waals surface area contributed by atoms with Gasteiger partial charge >= 0.3 is 0 Å². The van der Waals surface area contributed by atoms with E-state index in [4.69, 9.17) is 5.73 Å². The van der Waals surface area contributed by atoms with Gasteiger partial charge in [-0.25, -0.2) is 23.1 Å². The third-order valence-corrected chi connectivity index (χ3v) is 7.18. The highest BCUT2D eigenvalue weighted by Gasteiger charge is 2.22. The molecule has 128 valence electrons. The number of nitrogens with one attached hydrogen (secondary N) is 1. The van der Waals surface area contributed by atoms with Crippen molar-refractivity contribution < 1.29 is 8.42 Å². The van der Waals surface area contributed by atoms with Crippen molar-refractivity contribution in [1.82, 2.24) is 14.7 Å². The lowest BCUT2D eigenvalue weighted by atomic mass is 9.95. The summed E-state index contributed by atoms with van der Waals surface area (Å²) in [5.74, 6) is 0.194. The third-order valence-electron chi connectivity index (χ3n) is 4.02. The largest absolute Gasteiger partial charge is 0.368 e. The van der Waals surface area contributed by atoms with Crippen LogP contribution in [0.5, 0.6) is 0 Å². The zero-order valence-corrected chi connectivity index (χ0v) is 15.0. The summed E-state index contributed by atoms with van der Waals surface area (Å²) in [5.41, 5.74) is 7.40. The second kappa shape index (κ2) is 7.00. The number of anilines is 1. The Hall–Kier alpha value is -1.77. The summed E-state index contributed by atoms with van der Waals surface area (Å²) in [6.45, 7) is 1.90. The molecule has 0 spiro atoms. The molecule has 0 radical (unpaired) electrons. The molecule has 2 aromatic rings. The van der Waals surface area contributed by atoms with Gasteiger partial charge in [0.05, 0.1) is 0 Å². The maximum absolute atomic E-state index is 12.6. The SMILES string of the molecule is CC(NS(=O)(=O)c1ccc(-c2cnc(N)nc2)s1)C1=CCCCC1. The molecule has 6 nitrogen and oxygen atoms in total. The first kappa shape index (κ1) is 17.1. The minimum absolute atomic E-state index is 0.180. The summed E-state index contributed by atoms with van der Waals surface area (Å²) < 4.78 is 28.3. The lowest BCUT2D eigenvalue weighted by molar-refractivity contribution is 0.565. The van der Waals surface area contributed by atoms with Gasteiger partial charge in [0.1, 0.15) is 4.21 Å². The monoisotopic (exact) mass is 364 g/mol. The predicted octanol–water partition coefficient (Wildman–Crippen LogP) is 2.95. The van der Waals surface area contributed by atoms with Gasteiger partial charge in [0.25, 0.3) is 10.0 Å². The first-order valence-corrected chi connectivity index (χ1v) is 10.1. The van der Waals surface area contributed by atoms with Crippen LogP contribution in [0.25, 0.3) is 10.4 Å². The van der Waals surface area contributed by atoms with E-state index in [9.17, 15) is 8.42 Å². The Morgan fingerprint density at radius 2 is 2.00 bits per heavy atom. The van der Waals surface area contributed by atoms with Crippen molar-refractivity contribution >= 4 is 27.3 Å². The number of thiophene rings is 1. The number of hydrogen-bond acceptors (Lipinski definition) is 6. The van der Waals surface area contributed by atoms with E-state index in [0.717, 1.165) is 29.7 Å². The molecule has 24 heavy (non-hydrogen) atoms. The molecule has 0 aliphatic heterocycles. The molecule has 1 aliphatic carbocycles. The van der Waals surface area contributed by atoms with Crippen LogP contribution < -0.4 is 10.5 Å². The van der Waals surface area contributed by atoms with Crippen molar-refractivity contribution in [2.45, 2.75) is 42.9 Å². The number of nitrogen functional groups attached to an aromatic ring is 1. The number of nitrogens with zero attached hydrogens (tertiary/aromatic N) is 2. The topological polar surface area (TPSA) is 98.0 Å². The van der Waals surface area contributed by atoms with Crippen molar-refractivity contribution in [3.05, 3.63) is 36.2 Å². The Labute approximate surface area is 145 Å². The Morgan fingerprint density at radius 3 is 2.67 bits per heavy atom. The summed E-state index contributed by atoms with van der Waals surface area (Å²) in [6.07, 6.45) is 9.63. The average Bonchev–Trinajstić information content (AvgIpc) is 3.07. The van der Waals surface area contributed by atoms with Crippen molar-refractivity contribution in [1.29, 1.82) is 0 Å². The summed E-state index contributed by atoms with van der Waals surface area (Å²) in [4.78, 5) is 8.67. The maximum Gasteiger partial charge on any atom is 0.250 e. The van der Waals surface area contributed by atoms with Crippen LogP contribution in [0.2, 0.25) is 0 Å². The molecule has 0 bridgehead atoms. The molecule has 3 N–H and O–H groups in total. The van der Waals surface area contributed by atoms with Gasteiger partial charge in [-0.15, -0.1) is 11.3 Å². The van der Waals surface area contributed by atoms with Crippen LogP contribution in [-0.4, -0.2) is 24.4 Å². The average molecular weight is 364 g/mol. The molecule has 8 heteroatoms. The summed E-state index contributed by atoms with van der Waals surface area (Å²) in [7, 11) is -3.54. The second-order valence-electron chi connectivity index (χ2n) is 5.82. The number of rotatable bonds is 5. The highest BCUT2D eigenvalue weighted by atomic mass is 32.2. The van der Waals surface area contributed by atoms with E-state index in [1.165, 1.54) is 23.3 Å². The van der Waals surface area contributed by atoms with Crippen molar-refractivity contribution in [2.24, 2.45) is 0 Å². The van der Waals surface area contributed by atoms with Crippen LogP contribution in [0.3, 0.4) is 0 Å². The molecule has 2 aromatic heterocycles. The molecule has 2 heterocycles. The molecule has 1 aliphatic rings. The molecule has 0 amide bonds. The van der Waals surface area contributed by atoms with Crippen LogP contribution in [0, 0.1) is 0 Å². The van der Waals surface area contributed by atoms with Gasteiger partial charge < -0.3 is 5.73 Å². The molecule has 0 saturated heterocycles. The van der Waals surface area contributed by atoms with Gasteiger partial charge in [0, 0.05) is 28.9 Å². The van der Waals surface area contributed by atoms with Gasteiger partial charge in [-0.3, -0.25) is 0 Å². The number of sulfonamides is 1. The quantitative estimate of drug-likeness (QED) is 0.795. The van der Waals surface area contributed by atoms with Crippen LogP contribution in [0.15, 0.2) is 40.4 Å². The highest BCUT2D eigenvalue weighted by Crippen LogP contribution is 2.30. The van der Waals surface area contributed by atoms with E-state index >= 15 is 0 Å². The van der Waals surface area contributed by atoms with Crippen molar-refractivity contribution in [3.8, 4) is 10.4 Å². The summed E-state index contributed by atoms with van der Waals surface area (Å²) >= 11 is 1.20. The first-order valence-electron chi connectivity index (χ1n) is 7.85. The Balaban J connectivity index is 1.78. The maximum atomic E-state index is 12.6. The number of allylic oxidation sites excluding steroid dienone is 1. The van der Waals surface area contributed by atoms with E-state index in [0.29, 0.717) is 0 Å². The lowest BCUT2D eigenvalue weighted by Crippen LogP contribution is -2.34. The Bertz CT molecular complexity index is 841. The fourth-order valence-electron chi connectivity index (χ4n) is 2.71. The van der Waals surface area contributed by atoms with E-state index in [1.807, 2.05) is 6.92 Å². The van der Waals surface area contributed by atoms with E-state index in [2.05, 4.69) is 20.8 Å². The highest BCUT2D eigenvalue weighted by molar-refractivity contribution is 7.91. The van der Waals surface area contributed by atoms with E-state index in [-0.39, 0.29) is 16.2 Å². The number of nitrogens with two attached hydrogens (primary N) is 1. The van der Waals surface area contributed by atoms with E-state index < -0.39 is 10.0 Å². The molecular formula is C16H20N4O2S2. The first-order chi connectivity index (χ1) is 11.5. The van der Waals surface area contributed by atoms with Gasteiger partial charge in [-0.2, -0.15) is 0 Å². The fourth-order valence-corrected chi connectivity index (χ4v) is 5.25. The molecule has 1 unspecified atom stereocenters. The number of aromatic nitrogens is 2. The van der Waals surface area contributed by atoms with Crippen LogP contribution in [-0.2, 0) is 10.0 Å². The minimum Gasteiger partial charge on any atom is -0.368 e. The predicted molar refractivity (Wildman–Crippen MR) is 96.1 cm³/mol. The summed E-state index contributed by atoms with van der Waals surface area (Å²) in [6, 6.07) is 3.19. The Kier molecular flexibility index (Phi) is 4.98. The molecule has 1 atom stereocenters. The smallest absolute Gasteiger partial charge is 0.250 e. The zero-order chi connectivity index (χ0) is 17.2. The Morgan fingerprint density at radius 1 is 1.25 bits per heavy atom. The molecule has 0 fully saturated rings. The third kappa shape index (κ3) is 3.82. The van der Waals surface area contributed by atoms with Gasteiger partial charge in [0.15, 0.2) is 0 Å². The minimum atomic E-state index is -3.54. The standard InChI is InChI=1S/C16H20N4O2S2/c1-11(12-5-3-2-4-6-12)20-24(21,22)15-8-7-14(23-15)13-9-18-16(17)19-10-13/h5,7-11,20H,2-4,6H2,1H3,(H2,17,18,19). The molecule has 0 aromatic carbocycles. The van der Waals surface area contributed by atoms with Crippen LogP contribution in [0.4, 0.5) is 5.95 Å². The second-order valence-corrected chi connectivity index (χ2v) is 8.84. The van der Waals surface area contributed by atoms with Crippen LogP contribution >= 0.6 is 11.3 Å². The molecule has 0 saturated carbocycles. The van der Waals surface area contributed by atoms with E-state index in [1.54, 1.807) is 24.5 Å². The lowest BCUT2D eigenvalue weighted by Gasteiger charge is -2.20. The van der Waals surface area contributed by atoms with Crippen LogP contribution in [0.1, 0.15) is 32.6 Å². The number of hydrogen-bond donors (Lipinski definition) is 2.